The first-order valence-electron chi connectivity index (χ1n) is 15.5. The van der Waals surface area contributed by atoms with Gasteiger partial charge in [-0.05, 0) is 76.0 Å². The van der Waals surface area contributed by atoms with E-state index in [1.54, 1.807) is 21.3 Å². The first-order chi connectivity index (χ1) is 20.7. The van der Waals surface area contributed by atoms with Crippen molar-refractivity contribution in [3.63, 3.8) is 0 Å². The van der Waals surface area contributed by atoms with Gasteiger partial charge >= 0.3 is 7.48 Å². The van der Waals surface area contributed by atoms with Crippen molar-refractivity contribution in [1.82, 2.24) is 4.98 Å². The minimum atomic E-state index is -0.990. The van der Waals surface area contributed by atoms with Crippen molar-refractivity contribution in [2.75, 3.05) is 0 Å². The Hall–Kier alpha value is -3.80. The molecule has 215 valence electrons. The normalized spacial score (nSPS) is 21.5. The zero-order chi connectivity index (χ0) is 29.8. The van der Waals surface area contributed by atoms with E-state index in [1.165, 1.54) is 21.6 Å². The third kappa shape index (κ3) is 5.19. The third-order valence-corrected chi connectivity index (χ3v) is 9.81. The lowest BCUT2D eigenvalue weighted by Gasteiger charge is -2.37. The highest BCUT2D eigenvalue weighted by atomic mass is 16.5. The van der Waals surface area contributed by atoms with E-state index in [0.29, 0.717) is 17.9 Å². The van der Waals surface area contributed by atoms with Crippen LogP contribution in [0.25, 0.3) is 39.0 Å². The van der Waals surface area contributed by atoms with Crippen LogP contribution in [0.15, 0.2) is 102 Å². The summed E-state index contributed by atoms with van der Waals surface area (Å²) in [6, 6.07) is 21.5. The van der Waals surface area contributed by atoms with E-state index in [0.717, 1.165) is 52.2 Å². The minimum absolute atomic E-state index is 0.293. The summed E-state index contributed by atoms with van der Waals surface area (Å²) in [6.07, 6.45) is 17.0. The van der Waals surface area contributed by atoms with E-state index in [2.05, 4.69) is 91.1 Å². The molecule has 0 spiro atoms. The summed E-state index contributed by atoms with van der Waals surface area (Å²) in [5.41, 5.74) is 3.61. The van der Waals surface area contributed by atoms with Crippen molar-refractivity contribution in [2.24, 2.45) is 16.8 Å². The molecule has 1 radical (unpaired) electrons. The Morgan fingerprint density at radius 2 is 1.72 bits per heavy atom. The molecular formula is C38H38BN2O2. The molecule has 43 heavy (non-hydrogen) atoms. The summed E-state index contributed by atoms with van der Waals surface area (Å²) in [7, 11) is 1.73. The van der Waals surface area contributed by atoms with Gasteiger partial charge in [-0.1, -0.05) is 90.4 Å². The molecule has 2 aliphatic carbocycles. The standard InChI is InChI=1S/C38H38BN2O2/c1-37(2,42)38(3,4)43-39-28-16-17-29-30-18-21-33-31(35(30)36(41-34(29)23-28)25-11-6-5-7-12-25)19-20-32(40-33)27-15-14-24-10-8-9-13-26(24)22-27/h5-14,16-19,21,23,26-27,32,42H,15,20,22H2,1-4H3. The van der Waals surface area contributed by atoms with Crippen LogP contribution in [0.2, 0.25) is 0 Å². The molecule has 4 nitrogen and oxygen atoms in total. The highest BCUT2D eigenvalue weighted by Crippen LogP contribution is 2.37. The van der Waals surface area contributed by atoms with Crippen LogP contribution in [0.4, 0.5) is 0 Å². The van der Waals surface area contributed by atoms with Crippen LogP contribution in [-0.2, 0) is 4.65 Å². The third-order valence-electron chi connectivity index (χ3n) is 9.81. The Kier molecular flexibility index (Phi) is 6.99. The maximum absolute atomic E-state index is 10.5. The van der Waals surface area contributed by atoms with Crippen LogP contribution < -0.4 is 16.0 Å². The van der Waals surface area contributed by atoms with Gasteiger partial charge in [0, 0.05) is 27.5 Å². The number of allylic oxidation sites excluding steroid dienone is 6. The number of nitrogens with zero attached hydrogens (tertiary/aromatic N) is 2. The van der Waals surface area contributed by atoms with Crippen LogP contribution in [0.3, 0.4) is 0 Å². The Morgan fingerprint density at radius 1 is 0.907 bits per heavy atom. The molecule has 2 heterocycles. The monoisotopic (exact) mass is 565 g/mol. The van der Waals surface area contributed by atoms with Gasteiger partial charge in [0.05, 0.1) is 33.8 Å². The van der Waals surface area contributed by atoms with Crippen LogP contribution in [0.1, 0.15) is 47.0 Å². The first-order valence-corrected chi connectivity index (χ1v) is 15.5. The lowest BCUT2D eigenvalue weighted by molar-refractivity contribution is -0.0893. The Bertz CT molecular complexity index is 1930. The fourth-order valence-electron chi connectivity index (χ4n) is 6.52. The van der Waals surface area contributed by atoms with Crippen LogP contribution in [0, 0.1) is 11.8 Å². The largest absolute Gasteiger partial charge is 0.427 e. The Balaban J connectivity index is 1.32. The first kappa shape index (κ1) is 28.0. The molecule has 7 rings (SSSR count). The molecule has 0 saturated carbocycles. The molecule has 0 saturated heterocycles. The lowest BCUT2D eigenvalue weighted by Crippen LogP contribution is -2.49. The van der Waals surface area contributed by atoms with Gasteiger partial charge in [0.25, 0.3) is 0 Å². The summed E-state index contributed by atoms with van der Waals surface area (Å²) in [5, 5.41) is 16.3. The maximum Gasteiger partial charge on any atom is 0.330 e. The van der Waals surface area contributed by atoms with Crippen LogP contribution >= 0.6 is 0 Å². The fraction of sp³-hybridized carbons (Fsp3) is 0.316. The highest BCUT2D eigenvalue weighted by molar-refractivity contribution is 6.47. The molecule has 0 bridgehead atoms. The zero-order valence-electron chi connectivity index (χ0n) is 25.4. The maximum atomic E-state index is 10.5. The number of pyridine rings is 1. The Labute approximate surface area is 254 Å². The van der Waals surface area contributed by atoms with E-state index in [1.807, 2.05) is 19.9 Å². The molecule has 0 amide bonds. The number of benzene rings is 3. The molecular weight excluding hydrogens is 527 g/mol. The van der Waals surface area contributed by atoms with Gasteiger partial charge in [-0.25, -0.2) is 4.98 Å². The van der Waals surface area contributed by atoms with Crippen molar-refractivity contribution in [3.05, 3.63) is 107 Å². The molecule has 1 aliphatic heterocycles. The van der Waals surface area contributed by atoms with Gasteiger partial charge in [0.15, 0.2) is 0 Å². The topological polar surface area (TPSA) is 54.7 Å². The quantitative estimate of drug-likeness (QED) is 0.227. The van der Waals surface area contributed by atoms with Crippen molar-refractivity contribution >= 4 is 40.7 Å². The van der Waals surface area contributed by atoms with Gasteiger partial charge in [0.2, 0.25) is 0 Å². The predicted molar refractivity (Wildman–Crippen MR) is 178 cm³/mol. The van der Waals surface area contributed by atoms with Crippen LogP contribution in [-0.4, -0.2) is 34.8 Å². The van der Waals surface area contributed by atoms with Gasteiger partial charge in [-0.15, -0.1) is 0 Å². The number of rotatable bonds is 6. The summed E-state index contributed by atoms with van der Waals surface area (Å²) in [5.74, 6) is 1.07. The molecule has 5 heteroatoms. The van der Waals surface area contributed by atoms with E-state index in [4.69, 9.17) is 14.6 Å². The summed E-state index contributed by atoms with van der Waals surface area (Å²) in [4.78, 5) is 10.7. The predicted octanol–water partition coefficient (Wildman–Crippen LogP) is 6.12. The van der Waals surface area contributed by atoms with Crippen molar-refractivity contribution in [1.29, 1.82) is 0 Å². The zero-order valence-corrected chi connectivity index (χ0v) is 25.4. The summed E-state index contributed by atoms with van der Waals surface area (Å²) < 4.78 is 6.06. The minimum Gasteiger partial charge on any atom is -0.427 e. The van der Waals surface area contributed by atoms with Crippen LogP contribution in [0.5, 0.6) is 0 Å². The highest BCUT2D eigenvalue weighted by Gasteiger charge is 2.35. The molecule has 3 aromatic carbocycles. The lowest BCUT2D eigenvalue weighted by atomic mass is 9.75. The molecule has 3 unspecified atom stereocenters. The second kappa shape index (κ2) is 10.7. The average molecular weight is 566 g/mol. The van der Waals surface area contributed by atoms with Gasteiger partial charge < -0.3 is 9.76 Å². The molecule has 0 fully saturated rings. The number of hydrogen-bond acceptors (Lipinski definition) is 4. The fourth-order valence-corrected chi connectivity index (χ4v) is 6.52. The molecule has 3 aliphatic rings. The Morgan fingerprint density at radius 3 is 2.53 bits per heavy atom. The summed E-state index contributed by atoms with van der Waals surface area (Å²) >= 11 is 0. The van der Waals surface area contributed by atoms with Crippen molar-refractivity contribution < 1.29 is 9.76 Å². The van der Waals surface area contributed by atoms with Gasteiger partial charge in [-0.2, -0.15) is 0 Å². The van der Waals surface area contributed by atoms with Crippen molar-refractivity contribution in [2.45, 2.75) is 64.2 Å². The second-order valence-corrected chi connectivity index (χ2v) is 13.3. The number of hydrogen-bond donors (Lipinski definition) is 1. The number of aliphatic hydroxyl groups is 1. The second-order valence-electron chi connectivity index (χ2n) is 13.3. The van der Waals surface area contributed by atoms with Crippen molar-refractivity contribution in [3.8, 4) is 11.3 Å². The molecule has 3 atom stereocenters. The molecule has 1 N–H and O–H groups in total. The summed E-state index contributed by atoms with van der Waals surface area (Å²) in [6.45, 7) is 7.32. The van der Waals surface area contributed by atoms with E-state index in [-0.39, 0.29) is 0 Å². The van der Waals surface area contributed by atoms with E-state index < -0.39 is 11.2 Å². The smallest absolute Gasteiger partial charge is 0.330 e. The number of aromatic nitrogens is 1. The SMILES string of the molecule is CC(C)(O)C(C)(C)O[B]c1ccc2c(c1)nc(-c1ccccc1)c1c3c(ccc12)=NC(C1CC=C2C=CC=CC2C1)CC=3. The number of fused-ring (bicyclic) bond motifs is 6. The van der Waals surface area contributed by atoms with Gasteiger partial charge in [-0.3, -0.25) is 4.99 Å². The molecule has 1 aromatic heterocycles. The molecule has 4 aromatic rings. The van der Waals surface area contributed by atoms with E-state index >= 15 is 0 Å². The van der Waals surface area contributed by atoms with Gasteiger partial charge in [0.1, 0.15) is 0 Å². The average Bonchev–Trinajstić information content (AvgIpc) is 3.02. The van der Waals surface area contributed by atoms with E-state index in [9.17, 15) is 5.11 Å².